The highest BCUT2D eigenvalue weighted by molar-refractivity contribution is 7.10. The molecule has 0 saturated heterocycles. The molecule has 1 amide bonds. The Labute approximate surface area is 147 Å². The summed E-state index contributed by atoms with van der Waals surface area (Å²) in [5.41, 5.74) is 2.38. The summed E-state index contributed by atoms with van der Waals surface area (Å²) in [5.74, 6) is 0.945. The largest absolute Gasteiger partial charge is 0.333 e. The summed E-state index contributed by atoms with van der Waals surface area (Å²) >= 11 is 1.67. The van der Waals surface area contributed by atoms with Crippen molar-refractivity contribution in [3.05, 3.63) is 39.8 Å². The first kappa shape index (κ1) is 15.9. The van der Waals surface area contributed by atoms with Gasteiger partial charge in [0.25, 0.3) is 0 Å². The van der Waals surface area contributed by atoms with Crippen molar-refractivity contribution < 1.29 is 4.79 Å². The van der Waals surface area contributed by atoms with Crippen molar-refractivity contribution in [1.29, 1.82) is 0 Å². The average molecular weight is 343 g/mol. The first-order valence-electron chi connectivity index (χ1n) is 9.05. The lowest BCUT2D eigenvalue weighted by atomic mass is 10.1. The standard InChI is InChI=1S/C19H25N3OS/c1-21-18(14-8-9-14)11-15(20-21)13-22(16-5-2-3-6-16)19(23)12-17-7-4-10-24-17/h4,7,10-11,14,16H,2-3,5-6,8-9,12-13H2,1H3. The van der Waals surface area contributed by atoms with E-state index in [-0.39, 0.29) is 5.91 Å². The van der Waals surface area contributed by atoms with Crippen molar-refractivity contribution in [2.75, 3.05) is 0 Å². The fourth-order valence-electron chi connectivity index (χ4n) is 3.86. The molecule has 0 spiro atoms. The van der Waals surface area contributed by atoms with Gasteiger partial charge in [0.1, 0.15) is 0 Å². The Bertz CT molecular complexity index is 696. The molecule has 5 heteroatoms. The molecule has 2 aromatic heterocycles. The highest BCUT2D eigenvalue weighted by Crippen LogP contribution is 2.40. The van der Waals surface area contributed by atoms with Crippen molar-refractivity contribution in [1.82, 2.24) is 14.7 Å². The topological polar surface area (TPSA) is 38.1 Å². The van der Waals surface area contributed by atoms with Crippen LogP contribution in [0.15, 0.2) is 23.6 Å². The third-order valence-electron chi connectivity index (χ3n) is 5.29. The number of rotatable bonds is 6. The first-order chi connectivity index (χ1) is 11.7. The first-order valence-corrected chi connectivity index (χ1v) is 9.93. The van der Waals surface area contributed by atoms with Crippen molar-refractivity contribution in [3.63, 3.8) is 0 Å². The summed E-state index contributed by atoms with van der Waals surface area (Å²) in [5, 5.41) is 6.73. The summed E-state index contributed by atoms with van der Waals surface area (Å²) in [4.78, 5) is 16.2. The number of aryl methyl sites for hydroxylation is 1. The predicted octanol–water partition coefficient (Wildman–Crippen LogP) is 3.87. The van der Waals surface area contributed by atoms with Crippen LogP contribution in [0, 0.1) is 0 Å². The Morgan fingerprint density at radius 3 is 2.79 bits per heavy atom. The van der Waals surface area contributed by atoms with Gasteiger partial charge in [-0.15, -0.1) is 11.3 Å². The van der Waals surface area contributed by atoms with E-state index in [1.165, 1.54) is 31.4 Å². The van der Waals surface area contributed by atoms with Crippen LogP contribution in [0.25, 0.3) is 0 Å². The average Bonchev–Trinajstić information content (AvgIpc) is 2.96. The van der Waals surface area contributed by atoms with Crippen molar-refractivity contribution in [3.8, 4) is 0 Å². The molecule has 0 bridgehead atoms. The van der Waals surface area contributed by atoms with Gasteiger partial charge < -0.3 is 4.90 Å². The predicted molar refractivity (Wildman–Crippen MR) is 96.0 cm³/mol. The van der Waals surface area contributed by atoms with E-state index in [1.54, 1.807) is 11.3 Å². The van der Waals surface area contributed by atoms with Crippen molar-refractivity contribution in [2.45, 2.75) is 63.5 Å². The second kappa shape index (κ2) is 6.71. The number of carbonyl (C=O) groups excluding carboxylic acids is 1. The molecule has 24 heavy (non-hydrogen) atoms. The normalized spacial score (nSPS) is 18.2. The van der Waals surface area contributed by atoms with Crippen LogP contribution in [0.5, 0.6) is 0 Å². The van der Waals surface area contributed by atoms with Crippen LogP contribution >= 0.6 is 11.3 Å². The van der Waals surface area contributed by atoms with E-state index in [1.807, 2.05) is 23.2 Å². The molecule has 4 nitrogen and oxygen atoms in total. The van der Waals surface area contributed by atoms with Crippen LogP contribution in [0.3, 0.4) is 0 Å². The molecular formula is C19H25N3OS. The quantitative estimate of drug-likeness (QED) is 0.798. The molecule has 4 rings (SSSR count). The second-order valence-electron chi connectivity index (χ2n) is 7.17. The van der Waals surface area contributed by atoms with Gasteiger partial charge in [-0.3, -0.25) is 9.48 Å². The van der Waals surface area contributed by atoms with Gasteiger partial charge in [-0.2, -0.15) is 5.10 Å². The number of amides is 1. The summed E-state index contributed by atoms with van der Waals surface area (Å²) in [6, 6.07) is 6.69. The molecule has 2 aromatic rings. The zero-order valence-electron chi connectivity index (χ0n) is 14.3. The van der Waals surface area contributed by atoms with Gasteiger partial charge in [-0.25, -0.2) is 0 Å². The zero-order valence-corrected chi connectivity index (χ0v) is 15.1. The molecule has 0 radical (unpaired) electrons. The molecule has 0 aromatic carbocycles. The highest BCUT2D eigenvalue weighted by Gasteiger charge is 2.30. The van der Waals surface area contributed by atoms with Gasteiger partial charge in [0, 0.05) is 29.6 Å². The third kappa shape index (κ3) is 3.41. The number of thiophene rings is 1. The fourth-order valence-corrected chi connectivity index (χ4v) is 4.55. The van der Waals surface area contributed by atoms with Gasteiger partial charge in [-0.1, -0.05) is 18.9 Å². The Balaban J connectivity index is 1.51. The molecule has 128 valence electrons. The van der Waals surface area contributed by atoms with Crippen LogP contribution in [0.1, 0.15) is 60.7 Å². The number of hydrogen-bond donors (Lipinski definition) is 0. The summed E-state index contributed by atoms with van der Waals surface area (Å²) in [7, 11) is 2.03. The maximum Gasteiger partial charge on any atom is 0.228 e. The summed E-state index contributed by atoms with van der Waals surface area (Å²) in [6.07, 6.45) is 7.84. The zero-order chi connectivity index (χ0) is 16.5. The van der Waals surface area contributed by atoms with Gasteiger partial charge >= 0.3 is 0 Å². The maximum absolute atomic E-state index is 12.9. The number of aromatic nitrogens is 2. The third-order valence-corrected chi connectivity index (χ3v) is 6.16. The molecule has 2 fully saturated rings. The molecule has 2 aliphatic rings. The van der Waals surface area contributed by atoms with E-state index in [4.69, 9.17) is 0 Å². The lowest BCUT2D eigenvalue weighted by Gasteiger charge is -2.28. The van der Waals surface area contributed by atoms with E-state index in [2.05, 4.69) is 22.1 Å². The Hall–Kier alpha value is -1.62. The fraction of sp³-hybridized carbons (Fsp3) is 0.579. The molecule has 2 saturated carbocycles. The molecule has 0 aliphatic heterocycles. The lowest BCUT2D eigenvalue weighted by Crippen LogP contribution is -2.39. The highest BCUT2D eigenvalue weighted by atomic mass is 32.1. The molecule has 0 unspecified atom stereocenters. The van der Waals surface area contributed by atoms with Crippen LogP contribution in [0.4, 0.5) is 0 Å². The number of carbonyl (C=O) groups is 1. The minimum Gasteiger partial charge on any atom is -0.333 e. The molecule has 0 atom stereocenters. The Morgan fingerprint density at radius 1 is 1.33 bits per heavy atom. The Kier molecular flexibility index (Phi) is 4.44. The van der Waals surface area contributed by atoms with E-state index in [9.17, 15) is 4.79 Å². The van der Waals surface area contributed by atoms with E-state index in [0.29, 0.717) is 24.9 Å². The smallest absolute Gasteiger partial charge is 0.228 e. The minimum atomic E-state index is 0.253. The van der Waals surface area contributed by atoms with Crippen LogP contribution in [0.2, 0.25) is 0 Å². The SMILES string of the molecule is Cn1nc(CN(C(=O)Cc2cccs2)C2CCCC2)cc1C1CC1. The van der Waals surface area contributed by atoms with E-state index < -0.39 is 0 Å². The van der Waals surface area contributed by atoms with Crippen LogP contribution in [-0.2, 0) is 24.8 Å². The van der Waals surface area contributed by atoms with Crippen molar-refractivity contribution >= 4 is 17.2 Å². The second-order valence-corrected chi connectivity index (χ2v) is 8.21. The maximum atomic E-state index is 12.9. The minimum absolute atomic E-state index is 0.253. The van der Waals surface area contributed by atoms with E-state index >= 15 is 0 Å². The van der Waals surface area contributed by atoms with Crippen LogP contribution in [-0.4, -0.2) is 26.6 Å². The lowest BCUT2D eigenvalue weighted by molar-refractivity contribution is -0.133. The van der Waals surface area contributed by atoms with Gasteiger partial charge in [0.15, 0.2) is 0 Å². The molecule has 2 heterocycles. The van der Waals surface area contributed by atoms with Gasteiger partial charge in [-0.05, 0) is 43.2 Å². The van der Waals surface area contributed by atoms with E-state index in [0.717, 1.165) is 23.4 Å². The van der Waals surface area contributed by atoms with Gasteiger partial charge in [0.2, 0.25) is 5.91 Å². The molecule has 2 aliphatic carbocycles. The molecular weight excluding hydrogens is 318 g/mol. The number of nitrogens with zero attached hydrogens (tertiary/aromatic N) is 3. The number of hydrogen-bond acceptors (Lipinski definition) is 3. The molecule has 0 N–H and O–H groups in total. The Morgan fingerprint density at radius 2 is 2.12 bits per heavy atom. The summed E-state index contributed by atoms with van der Waals surface area (Å²) < 4.78 is 2.02. The van der Waals surface area contributed by atoms with Crippen LogP contribution < -0.4 is 0 Å². The monoisotopic (exact) mass is 343 g/mol. The summed E-state index contributed by atoms with van der Waals surface area (Å²) in [6.45, 7) is 0.662. The van der Waals surface area contributed by atoms with Crippen molar-refractivity contribution in [2.24, 2.45) is 7.05 Å². The van der Waals surface area contributed by atoms with Gasteiger partial charge in [0.05, 0.1) is 18.7 Å².